The van der Waals surface area contributed by atoms with Gasteiger partial charge >= 0.3 is 0 Å². The van der Waals surface area contributed by atoms with Gasteiger partial charge in [0.05, 0.1) is 28.4 Å². The maximum atomic E-state index is 9.63. The Kier molecular flexibility index (Phi) is 8.03. The Hall–Kier alpha value is -7.32. The number of hydrogen-bond acceptors (Lipinski definition) is 4. The first kappa shape index (κ1) is 34.0. The van der Waals surface area contributed by atoms with Crippen molar-refractivity contribution >= 4 is 11.8 Å². The molecule has 58 heavy (non-hydrogen) atoms. The maximum absolute atomic E-state index is 9.63. The number of benzene rings is 8. The van der Waals surface area contributed by atoms with E-state index in [1.54, 1.807) is 0 Å². The van der Waals surface area contributed by atoms with Gasteiger partial charge in [-0.05, 0) is 79.9 Å². The number of nitriles is 1. The van der Waals surface area contributed by atoms with Gasteiger partial charge in [0.1, 0.15) is 0 Å². The number of nitrogens with zero attached hydrogens (tertiary/aromatic N) is 3. The molecule has 0 fully saturated rings. The molecule has 270 valence electrons. The highest BCUT2D eigenvalue weighted by Crippen LogP contribution is 2.64. The summed E-state index contributed by atoms with van der Waals surface area (Å²) in [5.41, 5.74) is 17.1. The van der Waals surface area contributed by atoms with E-state index in [0.29, 0.717) is 11.4 Å². The molecule has 0 unspecified atom stereocenters. The van der Waals surface area contributed by atoms with Gasteiger partial charge in [-0.3, -0.25) is 0 Å². The molecule has 0 amide bonds. The van der Waals surface area contributed by atoms with Crippen LogP contribution in [0.4, 0.5) is 0 Å². The molecule has 1 aliphatic carbocycles. The van der Waals surface area contributed by atoms with Crippen LogP contribution in [0.2, 0.25) is 0 Å². The summed E-state index contributed by atoms with van der Waals surface area (Å²) < 4.78 is 0. The molecule has 1 aliphatic heterocycles. The Morgan fingerprint density at radius 1 is 0.379 bits per heavy atom. The molecular formula is C54H33N3S. The Labute approximate surface area is 342 Å². The quantitative estimate of drug-likeness (QED) is 0.175. The van der Waals surface area contributed by atoms with Gasteiger partial charge < -0.3 is 0 Å². The van der Waals surface area contributed by atoms with Gasteiger partial charge in [-0.2, -0.15) is 5.26 Å². The predicted molar refractivity (Wildman–Crippen MR) is 235 cm³/mol. The van der Waals surface area contributed by atoms with Crippen LogP contribution in [0.5, 0.6) is 0 Å². The molecule has 2 aliphatic rings. The molecular weight excluding hydrogens is 723 g/mol. The normalized spacial score (nSPS) is 12.9. The minimum atomic E-state index is -0.545. The van der Waals surface area contributed by atoms with Gasteiger partial charge in [-0.25, -0.2) is 9.97 Å². The molecule has 1 spiro atoms. The van der Waals surface area contributed by atoms with Crippen molar-refractivity contribution in [3.05, 3.63) is 228 Å². The van der Waals surface area contributed by atoms with Crippen molar-refractivity contribution in [1.29, 1.82) is 5.26 Å². The van der Waals surface area contributed by atoms with Crippen LogP contribution in [0.3, 0.4) is 0 Å². The molecule has 0 saturated heterocycles. The molecule has 8 aromatic carbocycles. The van der Waals surface area contributed by atoms with Gasteiger partial charge in [0.2, 0.25) is 0 Å². The topological polar surface area (TPSA) is 49.6 Å². The van der Waals surface area contributed by atoms with E-state index in [-0.39, 0.29) is 0 Å². The lowest BCUT2D eigenvalue weighted by molar-refractivity contribution is 0.724. The van der Waals surface area contributed by atoms with Crippen LogP contribution >= 0.6 is 11.8 Å². The van der Waals surface area contributed by atoms with Gasteiger partial charge in [0.15, 0.2) is 5.82 Å². The average Bonchev–Trinajstić information content (AvgIpc) is 3.60. The Bertz CT molecular complexity index is 2990. The van der Waals surface area contributed by atoms with Crippen LogP contribution in [0.25, 0.3) is 67.3 Å². The summed E-state index contributed by atoms with van der Waals surface area (Å²) in [6.07, 6.45) is 0. The van der Waals surface area contributed by atoms with E-state index >= 15 is 0 Å². The molecule has 0 atom stereocenters. The third kappa shape index (κ3) is 5.29. The monoisotopic (exact) mass is 755 g/mol. The van der Waals surface area contributed by atoms with Crippen LogP contribution in [0.1, 0.15) is 27.8 Å². The van der Waals surface area contributed by atoms with E-state index < -0.39 is 5.41 Å². The first-order chi connectivity index (χ1) is 28.7. The lowest BCUT2D eigenvalue weighted by atomic mass is 9.66. The van der Waals surface area contributed by atoms with Gasteiger partial charge in [-0.1, -0.05) is 188 Å². The summed E-state index contributed by atoms with van der Waals surface area (Å²) >= 11 is 1.85. The summed E-state index contributed by atoms with van der Waals surface area (Å²) in [5, 5.41) is 9.63. The lowest BCUT2D eigenvalue weighted by Gasteiger charge is -2.41. The molecule has 0 bridgehead atoms. The fourth-order valence-electron chi connectivity index (χ4n) is 9.04. The number of rotatable bonds is 5. The fourth-order valence-corrected chi connectivity index (χ4v) is 10.5. The van der Waals surface area contributed by atoms with Crippen molar-refractivity contribution in [2.75, 3.05) is 0 Å². The van der Waals surface area contributed by atoms with E-state index in [4.69, 9.17) is 9.97 Å². The highest BCUT2D eigenvalue weighted by Gasteiger charge is 2.51. The van der Waals surface area contributed by atoms with Crippen molar-refractivity contribution < 1.29 is 0 Å². The van der Waals surface area contributed by atoms with E-state index in [0.717, 1.165) is 50.3 Å². The Morgan fingerprint density at radius 2 is 0.828 bits per heavy atom. The first-order valence-electron chi connectivity index (χ1n) is 19.5. The van der Waals surface area contributed by atoms with Crippen molar-refractivity contribution in [3.63, 3.8) is 0 Å². The second-order valence-corrected chi connectivity index (χ2v) is 15.8. The number of hydrogen-bond donors (Lipinski definition) is 0. The van der Waals surface area contributed by atoms with Gasteiger partial charge in [-0.15, -0.1) is 0 Å². The molecule has 2 heterocycles. The zero-order valence-electron chi connectivity index (χ0n) is 31.3. The van der Waals surface area contributed by atoms with Gasteiger partial charge in [0, 0.05) is 26.5 Å². The smallest absolute Gasteiger partial charge is 0.160 e. The van der Waals surface area contributed by atoms with Crippen LogP contribution in [-0.2, 0) is 5.41 Å². The Morgan fingerprint density at radius 3 is 1.40 bits per heavy atom. The Balaban J connectivity index is 1.14. The molecule has 0 saturated carbocycles. The van der Waals surface area contributed by atoms with Crippen molar-refractivity contribution in [2.45, 2.75) is 15.2 Å². The SMILES string of the molecule is N#Cc1ccc(-c2cccc3c2Sc2c(-c4cccc(-c5nc(-c6ccccc6)cc(-c6ccccc6)n5)c4)cccc2C32c3ccccc3-c3ccccc32)cc1. The third-order valence-electron chi connectivity index (χ3n) is 11.6. The molecule has 9 aromatic rings. The number of fused-ring (bicyclic) bond motifs is 9. The van der Waals surface area contributed by atoms with E-state index in [2.05, 4.69) is 182 Å². The third-order valence-corrected chi connectivity index (χ3v) is 12.9. The first-order valence-corrected chi connectivity index (χ1v) is 20.3. The molecule has 3 nitrogen and oxygen atoms in total. The zero-order valence-corrected chi connectivity index (χ0v) is 32.1. The van der Waals surface area contributed by atoms with Gasteiger partial charge in [0.25, 0.3) is 0 Å². The second kappa shape index (κ2) is 13.7. The lowest BCUT2D eigenvalue weighted by Crippen LogP contribution is -2.32. The van der Waals surface area contributed by atoms with Crippen molar-refractivity contribution in [3.8, 4) is 73.4 Å². The summed E-state index contributed by atoms with van der Waals surface area (Å²) in [6.45, 7) is 0. The van der Waals surface area contributed by atoms with E-state index in [1.807, 2.05) is 36.0 Å². The van der Waals surface area contributed by atoms with Crippen molar-refractivity contribution in [1.82, 2.24) is 9.97 Å². The van der Waals surface area contributed by atoms with Crippen LogP contribution in [0, 0.1) is 11.3 Å². The van der Waals surface area contributed by atoms with Crippen LogP contribution < -0.4 is 0 Å². The zero-order chi connectivity index (χ0) is 38.6. The van der Waals surface area contributed by atoms with Crippen LogP contribution in [-0.4, -0.2) is 9.97 Å². The molecule has 0 radical (unpaired) electrons. The fraction of sp³-hybridized carbons (Fsp3) is 0.0185. The summed E-state index contributed by atoms with van der Waals surface area (Å²) in [5.74, 6) is 0.683. The van der Waals surface area contributed by atoms with E-state index in [1.165, 1.54) is 43.2 Å². The largest absolute Gasteiger partial charge is 0.228 e. The second-order valence-electron chi connectivity index (χ2n) is 14.8. The minimum Gasteiger partial charge on any atom is -0.228 e. The average molecular weight is 756 g/mol. The summed E-state index contributed by atoms with van der Waals surface area (Å²) in [6, 6.07) is 73.2. The van der Waals surface area contributed by atoms with Crippen molar-refractivity contribution in [2.24, 2.45) is 0 Å². The predicted octanol–water partition coefficient (Wildman–Crippen LogP) is 13.5. The highest BCUT2D eigenvalue weighted by molar-refractivity contribution is 7.99. The standard InChI is InChI=1S/C54H33N3S/c55-34-35-28-30-36(31-29-35)41-22-12-26-47-51(41)58-52-42(23-13-27-48(52)54(47)45-24-9-7-20-43(45)44-21-8-10-25-46(44)54)39-18-11-19-40(32-39)53-56-49(37-14-3-1-4-15-37)33-50(57-53)38-16-5-2-6-17-38/h1-33H. The highest BCUT2D eigenvalue weighted by atomic mass is 32.2. The molecule has 1 aromatic heterocycles. The summed E-state index contributed by atoms with van der Waals surface area (Å²) in [7, 11) is 0. The van der Waals surface area contributed by atoms with Crippen LogP contribution in [0.15, 0.2) is 210 Å². The van der Waals surface area contributed by atoms with E-state index in [9.17, 15) is 5.26 Å². The molecule has 0 N–H and O–H groups in total. The summed E-state index contributed by atoms with van der Waals surface area (Å²) in [4.78, 5) is 12.8. The number of aromatic nitrogens is 2. The maximum Gasteiger partial charge on any atom is 0.160 e. The molecule has 11 rings (SSSR count). The molecule has 4 heteroatoms. The minimum absolute atomic E-state index is 0.545.